The van der Waals surface area contributed by atoms with E-state index in [4.69, 9.17) is 11.6 Å². The molecule has 182 valence electrons. The smallest absolute Gasteiger partial charge is 0.252 e. The number of hydrogen-bond donors (Lipinski definition) is 2. The molecule has 2 fully saturated rings. The summed E-state index contributed by atoms with van der Waals surface area (Å²) in [7, 11) is 4.24. The number of aryl methyl sites for hydroxylation is 1. The maximum absolute atomic E-state index is 12.9. The molecule has 0 unspecified atom stereocenters. The third-order valence-corrected chi connectivity index (χ3v) is 7.62. The molecule has 2 saturated carbocycles. The second kappa shape index (κ2) is 13.6. The van der Waals surface area contributed by atoms with Crippen molar-refractivity contribution in [2.45, 2.75) is 78.1 Å². The average Bonchev–Trinajstić information content (AvgIpc) is 2.75. The van der Waals surface area contributed by atoms with Crippen molar-refractivity contribution in [1.29, 1.82) is 0 Å². The van der Waals surface area contributed by atoms with E-state index >= 15 is 0 Å². The number of amides is 1. The number of rotatable bonds is 12. The van der Waals surface area contributed by atoms with Crippen LogP contribution in [-0.2, 0) is 6.42 Å². The van der Waals surface area contributed by atoms with E-state index in [-0.39, 0.29) is 13.3 Å². The summed E-state index contributed by atoms with van der Waals surface area (Å²) in [6.45, 7) is 4.04. The second-order valence-electron chi connectivity index (χ2n) is 10.2. The quantitative estimate of drug-likeness (QED) is 0.377. The zero-order chi connectivity index (χ0) is 22.1. The molecule has 0 saturated heterocycles. The maximum atomic E-state index is 12.9. The lowest BCUT2D eigenvalue weighted by atomic mass is 9.62. The van der Waals surface area contributed by atoms with Crippen LogP contribution in [0.1, 0.15) is 87.6 Å². The van der Waals surface area contributed by atoms with E-state index in [9.17, 15) is 4.79 Å². The number of benzene rings is 1. The van der Waals surface area contributed by atoms with Gasteiger partial charge in [-0.1, -0.05) is 50.8 Å². The molecule has 0 radical (unpaired) electrons. The van der Waals surface area contributed by atoms with Crippen LogP contribution in [0.5, 0.6) is 0 Å². The van der Waals surface area contributed by atoms with Gasteiger partial charge in [0.15, 0.2) is 0 Å². The highest BCUT2D eigenvalue weighted by Crippen LogP contribution is 2.48. The minimum Gasteiger partial charge on any atom is -0.351 e. The van der Waals surface area contributed by atoms with E-state index in [1.165, 1.54) is 63.4 Å². The Hall–Kier alpha value is -1.10. The third-order valence-electron chi connectivity index (χ3n) is 7.29. The molecule has 2 aliphatic rings. The van der Waals surface area contributed by atoms with Crippen molar-refractivity contribution in [2.75, 3.05) is 40.3 Å². The van der Waals surface area contributed by atoms with Gasteiger partial charge in [-0.05, 0) is 108 Å². The first-order valence-electron chi connectivity index (χ1n) is 12.4. The molecule has 4 nitrogen and oxygen atoms in total. The molecule has 0 aliphatic heterocycles. The summed E-state index contributed by atoms with van der Waals surface area (Å²) in [4.78, 5) is 15.2. The van der Waals surface area contributed by atoms with Gasteiger partial charge in [-0.15, -0.1) is 0 Å². The molecule has 2 bridgehead atoms. The average molecular weight is 464 g/mol. The molecule has 2 N–H and O–H groups in total. The number of carbonyl (C=O) groups is 1. The molecule has 1 aromatic rings. The molecule has 0 atom stereocenters. The molecule has 1 amide bonds. The van der Waals surface area contributed by atoms with Crippen molar-refractivity contribution in [3.63, 3.8) is 0 Å². The van der Waals surface area contributed by atoms with E-state index in [1.54, 1.807) is 0 Å². The summed E-state index contributed by atoms with van der Waals surface area (Å²) < 4.78 is 0. The van der Waals surface area contributed by atoms with Gasteiger partial charge in [0, 0.05) is 6.54 Å². The standard InChI is InChI=1S/C26H42ClN3O.CH4/c1-30(2)17-4-3-15-28-16-7-10-21-11-12-24(27)23(18-21)25(31)29-20-26-13-5-8-22(19-26)9-6-14-26;/h11-12,18,22,28H,3-10,13-17,19-20H2,1-2H3,(H,29,31);1H4. The summed E-state index contributed by atoms with van der Waals surface area (Å²) >= 11 is 6.39. The maximum Gasteiger partial charge on any atom is 0.252 e. The fourth-order valence-corrected chi connectivity index (χ4v) is 5.76. The summed E-state index contributed by atoms with van der Waals surface area (Å²) in [5.41, 5.74) is 2.16. The Morgan fingerprint density at radius 3 is 2.56 bits per heavy atom. The highest BCUT2D eigenvalue weighted by molar-refractivity contribution is 6.33. The van der Waals surface area contributed by atoms with Crippen LogP contribution in [0.3, 0.4) is 0 Å². The lowest BCUT2D eigenvalue weighted by Crippen LogP contribution is -2.43. The molecule has 32 heavy (non-hydrogen) atoms. The SMILES string of the molecule is C.CN(C)CCCCNCCCc1ccc(Cl)c(C(=O)NCC23CCCC(CCC2)C3)c1. The van der Waals surface area contributed by atoms with Crippen LogP contribution in [-0.4, -0.2) is 51.1 Å². The third kappa shape index (κ3) is 8.35. The number of nitrogens with one attached hydrogen (secondary N) is 2. The molecule has 1 aromatic carbocycles. The van der Waals surface area contributed by atoms with Gasteiger partial charge >= 0.3 is 0 Å². The van der Waals surface area contributed by atoms with Gasteiger partial charge in [0.1, 0.15) is 0 Å². The summed E-state index contributed by atoms with van der Waals surface area (Å²) in [6, 6.07) is 5.94. The number of hydrogen-bond acceptors (Lipinski definition) is 3. The lowest BCUT2D eigenvalue weighted by Gasteiger charge is -2.45. The number of nitrogens with zero attached hydrogens (tertiary/aromatic N) is 1. The second-order valence-corrected chi connectivity index (χ2v) is 10.6. The van der Waals surface area contributed by atoms with Gasteiger partial charge in [-0.25, -0.2) is 0 Å². The number of halogens is 1. The van der Waals surface area contributed by atoms with E-state index in [0.29, 0.717) is 16.0 Å². The number of unbranched alkanes of at least 4 members (excludes halogenated alkanes) is 1. The van der Waals surface area contributed by atoms with Gasteiger partial charge in [-0.3, -0.25) is 4.79 Å². The molecule has 0 aromatic heterocycles. The van der Waals surface area contributed by atoms with Gasteiger partial charge in [-0.2, -0.15) is 0 Å². The van der Waals surface area contributed by atoms with Crippen LogP contribution in [0.25, 0.3) is 0 Å². The van der Waals surface area contributed by atoms with Crippen molar-refractivity contribution in [3.05, 3.63) is 34.3 Å². The first kappa shape index (κ1) is 27.1. The highest BCUT2D eigenvalue weighted by Gasteiger charge is 2.39. The van der Waals surface area contributed by atoms with Crippen LogP contribution in [0, 0.1) is 11.3 Å². The Kier molecular flexibility index (Phi) is 11.5. The molecule has 5 heteroatoms. The van der Waals surface area contributed by atoms with Gasteiger partial charge in [0.25, 0.3) is 5.91 Å². The lowest BCUT2D eigenvalue weighted by molar-refractivity contribution is 0.0682. The van der Waals surface area contributed by atoms with Gasteiger partial charge in [0.05, 0.1) is 10.6 Å². The Morgan fingerprint density at radius 1 is 1.12 bits per heavy atom. The van der Waals surface area contributed by atoms with Crippen molar-refractivity contribution in [1.82, 2.24) is 15.5 Å². The molecule has 3 rings (SSSR count). The normalized spacial score (nSPS) is 22.4. The Balaban J connectivity index is 0.00000363. The Bertz CT molecular complexity index is 696. The molecular weight excluding hydrogens is 418 g/mol. The van der Waals surface area contributed by atoms with Crippen LogP contribution < -0.4 is 10.6 Å². The largest absolute Gasteiger partial charge is 0.351 e. The molecule has 0 heterocycles. The predicted octanol–water partition coefficient (Wildman–Crippen LogP) is 5.93. The summed E-state index contributed by atoms with van der Waals surface area (Å²) in [6.07, 6.45) is 13.7. The zero-order valence-electron chi connectivity index (χ0n) is 19.6. The fraction of sp³-hybridized carbons (Fsp3) is 0.741. The molecule has 2 aliphatic carbocycles. The topological polar surface area (TPSA) is 44.4 Å². The minimum absolute atomic E-state index is 0. The predicted molar refractivity (Wildman–Crippen MR) is 138 cm³/mol. The number of fused-ring (bicyclic) bond motifs is 2. The van der Waals surface area contributed by atoms with Crippen LogP contribution in [0.15, 0.2) is 18.2 Å². The van der Waals surface area contributed by atoms with Crippen LogP contribution >= 0.6 is 11.6 Å². The van der Waals surface area contributed by atoms with Crippen molar-refractivity contribution < 1.29 is 4.79 Å². The van der Waals surface area contributed by atoms with E-state index < -0.39 is 0 Å². The molecule has 0 spiro atoms. The van der Waals surface area contributed by atoms with Crippen LogP contribution in [0.4, 0.5) is 0 Å². The van der Waals surface area contributed by atoms with Crippen molar-refractivity contribution >= 4 is 17.5 Å². The number of carbonyl (C=O) groups excluding carboxylic acids is 1. The van der Waals surface area contributed by atoms with Crippen molar-refractivity contribution in [3.8, 4) is 0 Å². The van der Waals surface area contributed by atoms with E-state index in [1.807, 2.05) is 12.1 Å². The monoisotopic (exact) mass is 463 g/mol. The van der Waals surface area contributed by atoms with Gasteiger partial charge < -0.3 is 15.5 Å². The van der Waals surface area contributed by atoms with E-state index in [0.717, 1.165) is 44.9 Å². The fourth-order valence-electron chi connectivity index (χ4n) is 5.56. The van der Waals surface area contributed by atoms with Crippen molar-refractivity contribution in [2.24, 2.45) is 11.3 Å². The summed E-state index contributed by atoms with van der Waals surface area (Å²) in [5.74, 6) is 0.876. The zero-order valence-corrected chi connectivity index (χ0v) is 20.4. The first-order chi connectivity index (χ1) is 15.0. The Morgan fingerprint density at radius 2 is 1.84 bits per heavy atom. The molecular formula is C27H46ClN3O. The van der Waals surface area contributed by atoms with E-state index in [2.05, 4.69) is 35.7 Å². The Labute approximate surface area is 201 Å². The summed E-state index contributed by atoms with van der Waals surface area (Å²) in [5, 5.41) is 7.34. The first-order valence-corrected chi connectivity index (χ1v) is 12.8. The van der Waals surface area contributed by atoms with Crippen LogP contribution in [0.2, 0.25) is 5.02 Å². The highest BCUT2D eigenvalue weighted by atomic mass is 35.5. The van der Waals surface area contributed by atoms with Gasteiger partial charge in [0.2, 0.25) is 0 Å². The minimum atomic E-state index is -0.00654.